The van der Waals surface area contributed by atoms with Gasteiger partial charge in [-0.05, 0) is 19.3 Å². The zero-order chi connectivity index (χ0) is 15.2. The van der Waals surface area contributed by atoms with Gasteiger partial charge in [0, 0.05) is 38.4 Å². The first kappa shape index (κ1) is 15.5. The molecule has 0 aliphatic carbocycles. The van der Waals surface area contributed by atoms with Crippen LogP contribution in [0.25, 0.3) is 0 Å². The van der Waals surface area contributed by atoms with Crippen LogP contribution in [0.1, 0.15) is 45.4 Å². The molecule has 2 heterocycles. The fraction of sp³-hybridized carbons (Fsp3) is 0.714. The minimum atomic E-state index is -0.149. The lowest BCUT2D eigenvalue weighted by atomic mass is 10.0. The topological polar surface area (TPSA) is 90.9 Å². The van der Waals surface area contributed by atoms with Gasteiger partial charge in [0.2, 0.25) is 11.8 Å². The van der Waals surface area contributed by atoms with Crippen molar-refractivity contribution in [1.29, 1.82) is 0 Å². The molecule has 2 rings (SSSR count). The molecule has 0 saturated carbocycles. The summed E-state index contributed by atoms with van der Waals surface area (Å²) in [7, 11) is 0. The number of amides is 3. The maximum Gasteiger partial charge on any atom is 0.270 e. The van der Waals surface area contributed by atoms with E-state index in [1.807, 2.05) is 6.92 Å². The molecular weight excluding hydrogens is 272 g/mol. The molecule has 21 heavy (non-hydrogen) atoms. The Hall–Kier alpha value is -1.92. The Bertz CT molecular complexity index is 453. The highest BCUT2D eigenvalue weighted by Gasteiger charge is 2.27. The van der Waals surface area contributed by atoms with Gasteiger partial charge < -0.3 is 10.2 Å². The van der Waals surface area contributed by atoms with E-state index in [1.54, 1.807) is 4.90 Å². The summed E-state index contributed by atoms with van der Waals surface area (Å²) in [6, 6.07) is 0.154. The molecule has 0 unspecified atom stereocenters. The first-order valence-electron chi connectivity index (χ1n) is 7.54. The van der Waals surface area contributed by atoms with Gasteiger partial charge in [-0.3, -0.25) is 14.4 Å². The summed E-state index contributed by atoms with van der Waals surface area (Å²) in [5.41, 5.74) is 2.77. The first-order valence-corrected chi connectivity index (χ1v) is 7.54. The van der Waals surface area contributed by atoms with E-state index < -0.39 is 0 Å². The molecule has 116 valence electrons. The fourth-order valence-electron chi connectivity index (χ4n) is 2.56. The molecular formula is C14H22N4O3. The molecule has 0 aromatic carbocycles. The summed E-state index contributed by atoms with van der Waals surface area (Å²) < 4.78 is 0. The van der Waals surface area contributed by atoms with Crippen molar-refractivity contribution in [1.82, 2.24) is 15.6 Å². The number of hydrazone groups is 1. The minimum absolute atomic E-state index is 0.0849. The van der Waals surface area contributed by atoms with E-state index in [9.17, 15) is 14.4 Å². The lowest BCUT2D eigenvalue weighted by Gasteiger charge is -2.33. The average molecular weight is 294 g/mol. The molecule has 7 nitrogen and oxygen atoms in total. The van der Waals surface area contributed by atoms with Crippen LogP contribution in [0.5, 0.6) is 0 Å². The van der Waals surface area contributed by atoms with Gasteiger partial charge in [0.15, 0.2) is 0 Å². The van der Waals surface area contributed by atoms with Gasteiger partial charge in [-0.1, -0.05) is 6.92 Å². The lowest BCUT2D eigenvalue weighted by Crippen LogP contribution is -2.49. The van der Waals surface area contributed by atoms with E-state index >= 15 is 0 Å². The molecule has 0 radical (unpaired) electrons. The number of hydrogen-bond acceptors (Lipinski definition) is 4. The van der Waals surface area contributed by atoms with E-state index in [0.717, 1.165) is 19.3 Å². The monoisotopic (exact) mass is 294 g/mol. The van der Waals surface area contributed by atoms with Crippen LogP contribution in [0.2, 0.25) is 0 Å². The first-order chi connectivity index (χ1) is 10.1. The summed E-state index contributed by atoms with van der Waals surface area (Å²) in [5, 5.41) is 6.83. The number of piperidine rings is 1. The zero-order valence-corrected chi connectivity index (χ0v) is 12.4. The molecule has 1 saturated heterocycles. The Labute approximate surface area is 124 Å². The Kier molecular flexibility index (Phi) is 5.30. The number of carbonyl (C=O) groups is 3. The van der Waals surface area contributed by atoms with Crippen molar-refractivity contribution in [3.63, 3.8) is 0 Å². The van der Waals surface area contributed by atoms with Crippen LogP contribution < -0.4 is 10.7 Å². The molecule has 0 spiro atoms. The highest BCUT2D eigenvalue weighted by molar-refractivity contribution is 6.39. The van der Waals surface area contributed by atoms with Gasteiger partial charge >= 0.3 is 0 Å². The SMILES string of the molecule is CCCC(=O)NC1CCN(C(=O)C2=NNC(=O)CC2)CC1. The Balaban J connectivity index is 1.79. The highest BCUT2D eigenvalue weighted by Crippen LogP contribution is 2.13. The third-order valence-corrected chi connectivity index (χ3v) is 3.78. The second-order valence-electron chi connectivity index (χ2n) is 5.48. The van der Waals surface area contributed by atoms with Crippen LogP contribution in [-0.4, -0.2) is 47.5 Å². The van der Waals surface area contributed by atoms with Gasteiger partial charge in [-0.2, -0.15) is 5.10 Å². The van der Waals surface area contributed by atoms with Crippen molar-refractivity contribution < 1.29 is 14.4 Å². The number of likely N-dealkylation sites (tertiary alicyclic amines) is 1. The number of hydrogen-bond donors (Lipinski definition) is 2. The molecule has 0 atom stereocenters. The molecule has 2 aliphatic rings. The van der Waals surface area contributed by atoms with Crippen molar-refractivity contribution in [3.8, 4) is 0 Å². The van der Waals surface area contributed by atoms with Crippen molar-refractivity contribution in [2.24, 2.45) is 5.10 Å². The maximum atomic E-state index is 12.2. The number of carbonyl (C=O) groups excluding carboxylic acids is 3. The van der Waals surface area contributed by atoms with Crippen LogP contribution in [0.15, 0.2) is 5.10 Å². The largest absolute Gasteiger partial charge is 0.353 e. The quantitative estimate of drug-likeness (QED) is 0.774. The van der Waals surface area contributed by atoms with Crippen LogP contribution >= 0.6 is 0 Å². The molecule has 3 amide bonds. The summed E-state index contributed by atoms with van der Waals surface area (Å²) in [6.45, 7) is 3.20. The van der Waals surface area contributed by atoms with E-state index in [-0.39, 0.29) is 23.8 Å². The molecule has 1 fully saturated rings. The van der Waals surface area contributed by atoms with E-state index in [4.69, 9.17) is 0 Å². The summed E-state index contributed by atoms with van der Waals surface area (Å²) >= 11 is 0. The molecule has 0 aromatic rings. The Morgan fingerprint density at radius 1 is 1.33 bits per heavy atom. The predicted octanol–water partition coefficient (Wildman–Crippen LogP) is 0.160. The third-order valence-electron chi connectivity index (χ3n) is 3.78. The summed E-state index contributed by atoms with van der Waals surface area (Å²) in [5.74, 6) is -0.168. The van der Waals surface area contributed by atoms with Crippen molar-refractivity contribution in [2.75, 3.05) is 13.1 Å². The summed E-state index contributed by atoms with van der Waals surface area (Å²) in [6.07, 6.45) is 3.64. The minimum Gasteiger partial charge on any atom is -0.353 e. The van der Waals surface area contributed by atoms with E-state index in [1.165, 1.54) is 0 Å². The Morgan fingerprint density at radius 2 is 2.05 bits per heavy atom. The molecule has 0 bridgehead atoms. The van der Waals surface area contributed by atoms with E-state index in [0.29, 0.717) is 38.1 Å². The standard InChI is InChI=1S/C14H22N4O3/c1-2-3-12(19)15-10-6-8-18(9-7-10)14(21)11-4-5-13(20)17-16-11/h10H,2-9H2,1H3,(H,15,19)(H,17,20). The van der Waals surface area contributed by atoms with Crippen molar-refractivity contribution >= 4 is 23.4 Å². The second kappa shape index (κ2) is 7.19. The van der Waals surface area contributed by atoms with Crippen LogP contribution in [0.3, 0.4) is 0 Å². The van der Waals surface area contributed by atoms with Crippen LogP contribution in [-0.2, 0) is 14.4 Å². The third kappa shape index (κ3) is 4.27. The number of rotatable bonds is 4. The lowest BCUT2D eigenvalue weighted by molar-refractivity contribution is -0.125. The predicted molar refractivity (Wildman–Crippen MR) is 77.5 cm³/mol. The van der Waals surface area contributed by atoms with Gasteiger partial charge in [0.05, 0.1) is 0 Å². The average Bonchev–Trinajstić information content (AvgIpc) is 2.48. The van der Waals surface area contributed by atoms with Crippen LogP contribution in [0.4, 0.5) is 0 Å². The second-order valence-corrected chi connectivity index (χ2v) is 5.48. The summed E-state index contributed by atoms with van der Waals surface area (Å²) in [4.78, 5) is 36.6. The van der Waals surface area contributed by atoms with E-state index in [2.05, 4.69) is 15.8 Å². The zero-order valence-electron chi connectivity index (χ0n) is 12.4. The van der Waals surface area contributed by atoms with Gasteiger partial charge in [0.25, 0.3) is 5.91 Å². The van der Waals surface area contributed by atoms with Crippen LogP contribution in [0, 0.1) is 0 Å². The molecule has 2 aliphatic heterocycles. The van der Waals surface area contributed by atoms with Gasteiger partial charge in [-0.15, -0.1) is 0 Å². The van der Waals surface area contributed by atoms with Crippen molar-refractivity contribution in [2.45, 2.75) is 51.5 Å². The maximum absolute atomic E-state index is 12.2. The van der Waals surface area contributed by atoms with Gasteiger partial charge in [-0.25, -0.2) is 5.43 Å². The molecule has 2 N–H and O–H groups in total. The molecule has 0 aromatic heterocycles. The normalized spacial score (nSPS) is 19.8. The van der Waals surface area contributed by atoms with Crippen molar-refractivity contribution in [3.05, 3.63) is 0 Å². The number of nitrogens with zero attached hydrogens (tertiary/aromatic N) is 2. The van der Waals surface area contributed by atoms with Gasteiger partial charge in [0.1, 0.15) is 5.71 Å². The molecule has 7 heteroatoms. The Morgan fingerprint density at radius 3 is 2.62 bits per heavy atom. The fourth-order valence-corrected chi connectivity index (χ4v) is 2.56. The number of nitrogens with one attached hydrogen (secondary N) is 2. The smallest absolute Gasteiger partial charge is 0.270 e. The highest BCUT2D eigenvalue weighted by atomic mass is 16.2.